The quantitative estimate of drug-likeness (QED) is 0.751. The summed E-state index contributed by atoms with van der Waals surface area (Å²) in [4.78, 5) is 0. The van der Waals surface area contributed by atoms with Gasteiger partial charge in [0.2, 0.25) is 0 Å². The van der Waals surface area contributed by atoms with Crippen molar-refractivity contribution in [1.29, 1.82) is 0 Å². The Bertz CT molecular complexity index is 583. The minimum atomic E-state index is -0.969. The highest BCUT2D eigenvalue weighted by atomic mass is 19.1. The fraction of sp³-hybridized carbons (Fsp3) is 0.625. The molecule has 5 heteroatoms. The van der Waals surface area contributed by atoms with E-state index in [2.05, 4.69) is 0 Å². The maximum atomic E-state index is 14.8. The summed E-state index contributed by atoms with van der Waals surface area (Å²) in [6.07, 6.45) is 0. The number of allylic oxidation sites excluding steroid dienone is 1. The molecule has 1 aliphatic rings. The molecule has 0 radical (unpaired) electrons. The average molecular weight is 294 g/mol. The summed E-state index contributed by atoms with van der Waals surface area (Å²) in [5.74, 6) is 1.53. The Balaban J connectivity index is 2.41. The van der Waals surface area contributed by atoms with E-state index in [0.29, 0.717) is 11.3 Å². The average Bonchev–Trinajstić information content (AvgIpc) is 2.71. The summed E-state index contributed by atoms with van der Waals surface area (Å²) < 4.78 is 31.9. The van der Waals surface area contributed by atoms with Gasteiger partial charge in [0.1, 0.15) is 17.2 Å². The van der Waals surface area contributed by atoms with E-state index in [1.807, 2.05) is 48.5 Å². The molecule has 2 heterocycles. The fourth-order valence-corrected chi connectivity index (χ4v) is 2.59. The van der Waals surface area contributed by atoms with Crippen molar-refractivity contribution >= 4 is 12.7 Å². The first-order chi connectivity index (χ1) is 9.48. The van der Waals surface area contributed by atoms with Gasteiger partial charge in [-0.1, -0.05) is 0 Å². The number of rotatable bonds is 2. The Morgan fingerprint density at radius 1 is 0.952 bits per heavy atom. The van der Waals surface area contributed by atoms with E-state index in [9.17, 15) is 4.39 Å². The molecule has 1 fully saturated rings. The van der Waals surface area contributed by atoms with Gasteiger partial charge in [-0.3, -0.25) is 0 Å². The first-order valence-electron chi connectivity index (χ1n) is 7.27. The Kier molecular flexibility index (Phi) is 3.88. The van der Waals surface area contributed by atoms with Crippen molar-refractivity contribution in [3.8, 4) is 0 Å². The first-order valence-corrected chi connectivity index (χ1v) is 7.27. The Labute approximate surface area is 126 Å². The molecule has 2 rings (SSSR count). The number of aryl methyl sites for hydroxylation is 2. The third-order valence-electron chi connectivity index (χ3n) is 4.75. The Morgan fingerprint density at radius 2 is 1.43 bits per heavy atom. The molecule has 0 saturated carbocycles. The molecular formula is C16H24BFO3. The maximum Gasteiger partial charge on any atom is 0.525 e. The zero-order chi connectivity index (χ0) is 16.2. The van der Waals surface area contributed by atoms with Gasteiger partial charge in [-0.05, 0) is 66.5 Å². The van der Waals surface area contributed by atoms with Crippen molar-refractivity contribution in [3.05, 3.63) is 28.4 Å². The van der Waals surface area contributed by atoms with Crippen LogP contribution in [0.15, 0.2) is 10.1 Å². The molecule has 0 N–H and O–H groups in total. The lowest BCUT2D eigenvalue weighted by Gasteiger charge is -2.32. The van der Waals surface area contributed by atoms with Gasteiger partial charge in [-0.25, -0.2) is 4.39 Å². The van der Waals surface area contributed by atoms with E-state index in [0.717, 1.165) is 16.9 Å². The molecule has 0 aliphatic carbocycles. The van der Waals surface area contributed by atoms with Crippen molar-refractivity contribution in [2.24, 2.45) is 0 Å². The Morgan fingerprint density at radius 3 is 1.81 bits per heavy atom. The van der Waals surface area contributed by atoms with Gasteiger partial charge in [-0.15, -0.1) is 0 Å². The van der Waals surface area contributed by atoms with Crippen LogP contribution in [-0.4, -0.2) is 18.3 Å². The highest BCUT2D eigenvalue weighted by molar-refractivity contribution is 6.55. The van der Waals surface area contributed by atoms with Crippen LogP contribution in [0.25, 0.3) is 5.57 Å². The summed E-state index contributed by atoms with van der Waals surface area (Å²) in [7, 11) is -0.969. The highest BCUT2D eigenvalue weighted by Gasteiger charge is 2.53. The number of hydrogen-bond acceptors (Lipinski definition) is 3. The molecule has 0 unspecified atom stereocenters. The molecule has 0 bridgehead atoms. The predicted molar refractivity (Wildman–Crippen MR) is 82.7 cm³/mol. The maximum absolute atomic E-state index is 14.8. The SMILES string of the molecule is CC(=C(F)B1OC(C)(C)C(C)(C)O1)c1c(C)oc(C)c1C. The molecule has 3 nitrogen and oxygen atoms in total. The molecule has 1 saturated heterocycles. The molecule has 21 heavy (non-hydrogen) atoms. The zero-order valence-corrected chi connectivity index (χ0v) is 14.2. The molecule has 0 atom stereocenters. The van der Waals surface area contributed by atoms with Crippen LogP contribution in [0.3, 0.4) is 0 Å². The second-order valence-electron chi connectivity index (χ2n) is 6.78. The van der Waals surface area contributed by atoms with E-state index in [1.54, 1.807) is 6.92 Å². The molecule has 116 valence electrons. The summed E-state index contributed by atoms with van der Waals surface area (Å²) in [5, 5.41) is 0. The van der Waals surface area contributed by atoms with E-state index in [4.69, 9.17) is 13.7 Å². The summed E-state index contributed by atoms with van der Waals surface area (Å²) >= 11 is 0. The second-order valence-corrected chi connectivity index (χ2v) is 6.78. The smallest absolute Gasteiger partial charge is 0.466 e. The van der Waals surface area contributed by atoms with Crippen LogP contribution in [-0.2, 0) is 9.31 Å². The van der Waals surface area contributed by atoms with Crippen LogP contribution in [0.1, 0.15) is 57.3 Å². The van der Waals surface area contributed by atoms with E-state index in [-0.39, 0.29) is 5.73 Å². The van der Waals surface area contributed by atoms with Crippen molar-refractivity contribution < 1.29 is 18.1 Å². The molecule has 1 aromatic rings. The van der Waals surface area contributed by atoms with E-state index >= 15 is 0 Å². The first kappa shape index (κ1) is 16.3. The van der Waals surface area contributed by atoms with Crippen LogP contribution in [0.4, 0.5) is 4.39 Å². The van der Waals surface area contributed by atoms with Gasteiger partial charge in [0, 0.05) is 5.56 Å². The van der Waals surface area contributed by atoms with Crippen molar-refractivity contribution in [1.82, 2.24) is 0 Å². The third-order valence-corrected chi connectivity index (χ3v) is 4.75. The lowest BCUT2D eigenvalue weighted by molar-refractivity contribution is 0.00578. The minimum Gasteiger partial charge on any atom is -0.466 e. The molecule has 0 aromatic carbocycles. The lowest BCUT2D eigenvalue weighted by atomic mass is 9.82. The summed E-state index contributed by atoms with van der Waals surface area (Å²) in [6, 6.07) is 0. The number of hydrogen-bond donors (Lipinski definition) is 0. The van der Waals surface area contributed by atoms with Gasteiger partial charge < -0.3 is 13.7 Å². The van der Waals surface area contributed by atoms with Gasteiger partial charge in [-0.2, -0.15) is 0 Å². The van der Waals surface area contributed by atoms with E-state index in [1.165, 1.54) is 0 Å². The van der Waals surface area contributed by atoms with Gasteiger partial charge in [0.25, 0.3) is 0 Å². The van der Waals surface area contributed by atoms with Crippen molar-refractivity contribution in [2.75, 3.05) is 0 Å². The van der Waals surface area contributed by atoms with Crippen molar-refractivity contribution in [2.45, 2.75) is 66.6 Å². The second kappa shape index (κ2) is 4.99. The largest absolute Gasteiger partial charge is 0.525 e. The summed E-state index contributed by atoms with van der Waals surface area (Å²) in [5.41, 5.74) is 0.787. The van der Waals surface area contributed by atoms with Crippen LogP contribution in [0.5, 0.6) is 0 Å². The topological polar surface area (TPSA) is 31.6 Å². The lowest BCUT2D eigenvalue weighted by Crippen LogP contribution is -2.41. The molecular weight excluding hydrogens is 270 g/mol. The predicted octanol–water partition coefficient (Wildman–Crippen LogP) is 4.54. The van der Waals surface area contributed by atoms with Crippen LogP contribution in [0, 0.1) is 20.8 Å². The molecule has 0 spiro atoms. The van der Waals surface area contributed by atoms with Crippen LogP contribution >= 0.6 is 0 Å². The zero-order valence-electron chi connectivity index (χ0n) is 14.2. The van der Waals surface area contributed by atoms with Gasteiger partial charge in [0.15, 0.2) is 0 Å². The normalized spacial score (nSPS) is 21.7. The fourth-order valence-electron chi connectivity index (χ4n) is 2.59. The number of furan rings is 1. The van der Waals surface area contributed by atoms with E-state index < -0.39 is 18.3 Å². The van der Waals surface area contributed by atoms with Gasteiger partial charge >= 0.3 is 7.12 Å². The van der Waals surface area contributed by atoms with Crippen molar-refractivity contribution in [3.63, 3.8) is 0 Å². The minimum absolute atomic E-state index is 0.388. The van der Waals surface area contributed by atoms with Crippen LogP contribution in [0.2, 0.25) is 0 Å². The molecule has 1 aliphatic heterocycles. The summed E-state index contributed by atoms with van der Waals surface area (Å²) in [6.45, 7) is 15.0. The molecule has 0 amide bonds. The van der Waals surface area contributed by atoms with Crippen LogP contribution < -0.4 is 0 Å². The Hall–Kier alpha value is -1.07. The number of halogens is 1. The monoisotopic (exact) mass is 294 g/mol. The third kappa shape index (κ3) is 2.57. The van der Waals surface area contributed by atoms with Gasteiger partial charge in [0.05, 0.1) is 11.2 Å². The highest BCUT2D eigenvalue weighted by Crippen LogP contribution is 2.41. The standard InChI is InChI=1S/C16H24BFO3/c1-9-11(3)19-12(4)13(9)10(2)14(18)17-20-15(5,6)16(7,8)21-17/h1-8H3. The molecule has 1 aromatic heterocycles.